The van der Waals surface area contributed by atoms with Gasteiger partial charge in [0, 0.05) is 33.5 Å². The van der Waals surface area contributed by atoms with E-state index in [0.717, 1.165) is 28.3 Å². The molecule has 1 aromatic heterocycles. The van der Waals surface area contributed by atoms with Gasteiger partial charge >= 0.3 is 0 Å². The second kappa shape index (κ2) is 15.8. The Labute approximate surface area is 373 Å². The Morgan fingerprint density at radius 2 is 0.594 bits per heavy atom. The molecule has 0 saturated carbocycles. The molecular weight excluding hydrogens is 773 g/mol. The van der Waals surface area contributed by atoms with Crippen LogP contribution in [0.2, 0.25) is 0 Å². The number of aromatic nitrogens is 1. The summed E-state index contributed by atoms with van der Waals surface area (Å²) in [7, 11) is 0. The van der Waals surface area contributed by atoms with Crippen molar-refractivity contribution < 1.29 is 0 Å². The molecule has 0 aliphatic carbocycles. The molecule has 0 atom stereocenters. The van der Waals surface area contributed by atoms with Gasteiger partial charge in [-0.2, -0.15) is 0 Å². The fourth-order valence-electron chi connectivity index (χ4n) is 9.57. The summed E-state index contributed by atoms with van der Waals surface area (Å²) in [5.41, 5.74) is 18.8. The molecule has 1 heterocycles. The highest BCUT2D eigenvalue weighted by molar-refractivity contribution is 6.24. The second-order valence-electron chi connectivity index (χ2n) is 16.6. The predicted octanol–water partition coefficient (Wildman–Crippen LogP) is 17.2. The van der Waals surface area contributed by atoms with Gasteiger partial charge in [-0.3, -0.25) is 0 Å². The van der Waals surface area contributed by atoms with Gasteiger partial charge in [-0.05, 0) is 127 Å². The van der Waals surface area contributed by atoms with E-state index >= 15 is 0 Å². The minimum absolute atomic E-state index is 1.09. The van der Waals surface area contributed by atoms with Gasteiger partial charge < -0.3 is 9.47 Å². The molecule has 0 saturated heterocycles. The van der Waals surface area contributed by atoms with Gasteiger partial charge in [0.15, 0.2) is 0 Å². The van der Waals surface area contributed by atoms with Crippen molar-refractivity contribution in [2.24, 2.45) is 0 Å². The van der Waals surface area contributed by atoms with E-state index in [1.165, 1.54) is 82.6 Å². The zero-order valence-electron chi connectivity index (χ0n) is 35.1. The van der Waals surface area contributed by atoms with Gasteiger partial charge in [-0.25, -0.2) is 0 Å². The Morgan fingerprint density at radius 3 is 1.05 bits per heavy atom. The molecule has 2 heteroatoms. The van der Waals surface area contributed by atoms with Crippen LogP contribution in [0.3, 0.4) is 0 Å². The highest BCUT2D eigenvalue weighted by Crippen LogP contribution is 2.41. The van der Waals surface area contributed by atoms with Crippen molar-refractivity contribution in [3.8, 4) is 61.3 Å². The van der Waals surface area contributed by atoms with Gasteiger partial charge in [-0.1, -0.05) is 194 Å². The lowest BCUT2D eigenvalue weighted by atomic mass is 9.99. The molecular formula is C62H42N2. The molecule has 64 heavy (non-hydrogen) atoms. The summed E-state index contributed by atoms with van der Waals surface area (Å²) in [5, 5.41) is 5.19. The highest BCUT2D eigenvalue weighted by atomic mass is 15.1. The van der Waals surface area contributed by atoms with Gasteiger partial charge in [0.2, 0.25) is 0 Å². The van der Waals surface area contributed by atoms with Crippen molar-refractivity contribution in [3.63, 3.8) is 0 Å². The van der Waals surface area contributed by atoms with Crippen LogP contribution in [0.4, 0.5) is 17.1 Å². The summed E-state index contributed by atoms with van der Waals surface area (Å²) in [6, 6.07) is 92.5. The van der Waals surface area contributed by atoms with Crippen LogP contribution in [0.25, 0.3) is 93.9 Å². The molecule has 11 aromatic carbocycles. The number of hydrogen-bond donors (Lipinski definition) is 0. The molecule has 12 rings (SSSR count). The van der Waals surface area contributed by atoms with Crippen LogP contribution in [0, 0.1) is 0 Å². The van der Waals surface area contributed by atoms with Crippen LogP contribution in [0.5, 0.6) is 0 Å². The topological polar surface area (TPSA) is 8.17 Å². The summed E-state index contributed by atoms with van der Waals surface area (Å²) < 4.78 is 2.43. The summed E-state index contributed by atoms with van der Waals surface area (Å²) in [6.07, 6.45) is 0. The first kappa shape index (κ1) is 37.3. The van der Waals surface area contributed by atoms with Crippen LogP contribution in [0.15, 0.2) is 255 Å². The average Bonchev–Trinajstić information content (AvgIpc) is 3.73. The molecule has 300 valence electrons. The molecule has 0 unspecified atom stereocenters. The normalized spacial score (nSPS) is 11.4. The monoisotopic (exact) mass is 814 g/mol. The zero-order valence-corrected chi connectivity index (χ0v) is 35.1. The Kier molecular flexibility index (Phi) is 9.20. The van der Waals surface area contributed by atoms with Gasteiger partial charge in [-0.15, -0.1) is 0 Å². The Bertz CT molecular complexity index is 3360. The molecule has 0 spiro atoms. The van der Waals surface area contributed by atoms with E-state index in [0.29, 0.717) is 0 Å². The van der Waals surface area contributed by atoms with E-state index in [9.17, 15) is 0 Å². The number of anilines is 3. The molecule has 0 amide bonds. The maximum absolute atomic E-state index is 2.43. The Morgan fingerprint density at radius 1 is 0.234 bits per heavy atom. The van der Waals surface area contributed by atoms with Crippen molar-refractivity contribution in [2.75, 3.05) is 4.90 Å². The SMILES string of the molecule is c1ccc(-c2ccc(-c3ccc(N(c4ccc(-c5ccc(-c6ccccc6)cc5)cc4)c4cccc(-c5cccc(-n6c7cccc8ccc9cccc6c9c87)c5)c4)cc3)cc2)cc1. The molecule has 0 aliphatic heterocycles. The molecule has 12 aromatic rings. The number of nitrogens with zero attached hydrogens (tertiary/aromatic N) is 2. The molecule has 0 aliphatic rings. The fourth-order valence-corrected chi connectivity index (χ4v) is 9.57. The molecule has 0 N–H and O–H groups in total. The highest BCUT2D eigenvalue weighted by Gasteiger charge is 2.18. The van der Waals surface area contributed by atoms with E-state index in [2.05, 4.69) is 264 Å². The Balaban J connectivity index is 0.916. The molecule has 0 bridgehead atoms. The van der Waals surface area contributed by atoms with Crippen LogP contribution in [-0.2, 0) is 0 Å². The summed E-state index contributed by atoms with van der Waals surface area (Å²) in [5.74, 6) is 0. The van der Waals surface area contributed by atoms with Crippen LogP contribution in [-0.4, -0.2) is 4.57 Å². The maximum atomic E-state index is 2.43. The van der Waals surface area contributed by atoms with Gasteiger partial charge in [0.05, 0.1) is 11.0 Å². The first-order valence-electron chi connectivity index (χ1n) is 22.0. The summed E-state index contributed by atoms with van der Waals surface area (Å²) in [4.78, 5) is 2.37. The quantitative estimate of drug-likeness (QED) is 0.132. The third-order valence-electron chi connectivity index (χ3n) is 12.8. The number of rotatable bonds is 9. The smallest absolute Gasteiger partial charge is 0.0547 e. The predicted molar refractivity (Wildman–Crippen MR) is 271 cm³/mol. The lowest BCUT2D eigenvalue weighted by molar-refractivity contribution is 1.18. The first-order chi connectivity index (χ1) is 31.7. The number of hydrogen-bond acceptors (Lipinski definition) is 1. The zero-order chi connectivity index (χ0) is 42.4. The van der Waals surface area contributed by atoms with Gasteiger partial charge in [0.25, 0.3) is 0 Å². The first-order valence-corrected chi connectivity index (χ1v) is 22.0. The lowest BCUT2D eigenvalue weighted by Gasteiger charge is -2.26. The van der Waals surface area contributed by atoms with Crippen molar-refractivity contribution in [1.29, 1.82) is 0 Å². The standard InChI is InChI=1S/C62H42N2/c1-3-11-43(12-4-1)45-23-27-47(28-24-45)49-33-37-55(38-34-49)63(56-39-35-50(36-40-56)48-29-25-46(26-30-48)44-13-5-2-6-14-44)57-19-7-17-53(41-57)54-18-8-20-58(42-54)64-59-21-9-15-51-31-32-52-16-10-22-60(64)62(52)61(51)59/h1-42H. The average molecular weight is 815 g/mol. The lowest BCUT2D eigenvalue weighted by Crippen LogP contribution is -2.10. The minimum atomic E-state index is 1.09. The van der Waals surface area contributed by atoms with Crippen molar-refractivity contribution >= 4 is 49.6 Å². The van der Waals surface area contributed by atoms with E-state index in [-0.39, 0.29) is 0 Å². The van der Waals surface area contributed by atoms with E-state index in [4.69, 9.17) is 0 Å². The van der Waals surface area contributed by atoms with Crippen LogP contribution in [0.1, 0.15) is 0 Å². The number of benzene rings is 11. The van der Waals surface area contributed by atoms with Crippen molar-refractivity contribution in [1.82, 2.24) is 4.57 Å². The third kappa shape index (κ3) is 6.70. The van der Waals surface area contributed by atoms with E-state index in [1.807, 2.05) is 0 Å². The summed E-state index contributed by atoms with van der Waals surface area (Å²) >= 11 is 0. The van der Waals surface area contributed by atoms with E-state index in [1.54, 1.807) is 0 Å². The van der Waals surface area contributed by atoms with E-state index < -0.39 is 0 Å². The maximum Gasteiger partial charge on any atom is 0.0547 e. The van der Waals surface area contributed by atoms with Crippen LogP contribution < -0.4 is 4.90 Å². The minimum Gasteiger partial charge on any atom is -0.310 e. The van der Waals surface area contributed by atoms with Crippen molar-refractivity contribution in [3.05, 3.63) is 255 Å². The summed E-state index contributed by atoms with van der Waals surface area (Å²) in [6.45, 7) is 0. The molecule has 0 radical (unpaired) electrons. The fraction of sp³-hybridized carbons (Fsp3) is 0. The molecule has 2 nitrogen and oxygen atoms in total. The Hall–Kier alpha value is -8.46. The van der Waals surface area contributed by atoms with Crippen LogP contribution >= 0.6 is 0 Å². The van der Waals surface area contributed by atoms with Gasteiger partial charge in [0.1, 0.15) is 0 Å². The third-order valence-corrected chi connectivity index (χ3v) is 12.8. The second-order valence-corrected chi connectivity index (χ2v) is 16.6. The molecule has 0 fully saturated rings. The van der Waals surface area contributed by atoms with Crippen molar-refractivity contribution in [2.45, 2.75) is 0 Å². The largest absolute Gasteiger partial charge is 0.310 e.